The zero-order valence-electron chi connectivity index (χ0n) is 10.1. The van der Waals surface area contributed by atoms with Crippen molar-refractivity contribution >= 4 is 16.7 Å². The minimum absolute atomic E-state index is 0.127. The van der Waals surface area contributed by atoms with Gasteiger partial charge >= 0.3 is 0 Å². The van der Waals surface area contributed by atoms with Gasteiger partial charge in [0.1, 0.15) is 0 Å². The molecule has 1 amide bonds. The molecule has 0 fully saturated rings. The van der Waals surface area contributed by atoms with Crippen molar-refractivity contribution in [2.24, 2.45) is 11.5 Å². The van der Waals surface area contributed by atoms with Crippen LogP contribution in [0.15, 0.2) is 42.5 Å². The Balaban J connectivity index is 2.10. The second-order valence-electron chi connectivity index (χ2n) is 4.28. The highest BCUT2D eigenvalue weighted by Gasteiger charge is 2.06. The molecule has 0 aromatic heterocycles. The van der Waals surface area contributed by atoms with Gasteiger partial charge in [-0.1, -0.05) is 42.5 Å². The van der Waals surface area contributed by atoms with Gasteiger partial charge in [0.2, 0.25) is 5.91 Å². The number of amides is 1. The van der Waals surface area contributed by atoms with Crippen molar-refractivity contribution in [2.75, 3.05) is 0 Å². The summed E-state index contributed by atoms with van der Waals surface area (Å²) < 4.78 is 0. The Morgan fingerprint density at radius 3 is 2.61 bits per heavy atom. The second-order valence-corrected chi connectivity index (χ2v) is 4.28. The SMILES string of the molecule is NC(N)CC(=O)NCc1cccc2ccccc12. The van der Waals surface area contributed by atoms with Crippen LogP contribution < -0.4 is 16.8 Å². The van der Waals surface area contributed by atoms with E-state index in [1.165, 1.54) is 5.39 Å². The van der Waals surface area contributed by atoms with Crippen molar-refractivity contribution in [3.05, 3.63) is 48.0 Å². The van der Waals surface area contributed by atoms with E-state index in [0.717, 1.165) is 10.9 Å². The zero-order chi connectivity index (χ0) is 13.0. The Morgan fingerprint density at radius 2 is 1.83 bits per heavy atom. The van der Waals surface area contributed by atoms with E-state index < -0.39 is 6.17 Å². The summed E-state index contributed by atoms with van der Waals surface area (Å²) in [6.07, 6.45) is -0.456. The molecule has 2 aromatic carbocycles. The van der Waals surface area contributed by atoms with Gasteiger partial charge in [-0.15, -0.1) is 0 Å². The summed E-state index contributed by atoms with van der Waals surface area (Å²) in [5.41, 5.74) is 11.8. The third-order valence-electron chi connectivity index (χ3n) is 2.78. The van der Waals surface area contributed by atoms with Crippen molar-refractivity contribution < 1.29 is 4.79 Å². The van der Waals surface area contributed by atoms with E-state index in [9.17, 15) is 4.79 Å². The molecule has 0 radical (unpaired) electrons. The van der Waals surface area contributed by atoms with Crippen LogP contribution in [-0.4, -0.2) is 12.1 Å². The summed E-state index contributed by atoms with van der Waals surface area (Å²) in [7, 11) is 0. The minimum Gasteiger partial charge on any atom is -0.352 e. The molecule has 0 atom stereocenters. The molecule has 4 nitrogen and oxygen atoms in total. The fraction of sp³-hybridized carbons (Fsp3) is 0.214. The lowest BCUT2D eigenvalue weighted by Gasteiger charge is -2.09. The fourth-order valence-corrected chi connectivity index (χ4v) is 1.93. The highest BCUT2D eigenvalue weighted by Crippen LogP contribution is 2.18. The van der Waals surface area contributed by atoms with Crippen LogP contribution in [0.25, 0.3) is 10.8 Å². The Kier molecular flexibility index (Phi) is 3.92. The molecular weight excluding hydrogens is 226 g/mol. The summed E-state index contributed by atoms with van der Waals surface area (Å²) in [5, 5.41) is 5.14. The topological polar surface area (TPSA) is 81.1 Å². The van der Waals surface area contributed by atoms with Gasteiger partial charge in [-0.25, -0.2) is 0 Å². The molecule has 4 heteroatoms. The van der Waals surface area contributed by atoms with Gasteiger partial charge in [-0.2, -0.15) is 0 Å². The predicted molar refractivity (Wildman–Crippen MR) is 72.6 cm³/mol. The molecular formula is C14H17N3O. The van der Waals surface area contributed by atoms with Gasteiger partial charge in [-0.05, 0) is 16.3 Å². The standard InChI is InChI=1S/C14H17N3O/c15-13(16)8-14(18)17-9-11-6-3-5-10-4-1-2-7-12(10)11/h1-7,13H,8-9,15-16H2,(H,17,18). The molecule has 94 valence electrons. The number of hydrogen-bond donors (Lipinski definition) is 3. The van der Waals surface area contributed by atoms with Crippen molar-refractivity contribution in [2.45, 2.75) is 19.1 Å². The van der Waals surface area contributed by atoms with E-state index in [0.29, 0.717) is 6.54 Å². The summed E-state index contributed by atoms with van der Waals surface area (Å²) in [5.74, 6) is -0.127. The number of nitrogens with two attached hydrogens (primary N) is 2. The summed E-state index contributed by atoms with van der Waals surface area (Å²) in [4.78, 5) is 11.5. The van der Waals surface area contributed by atoms with Crippen molar-refractivity contribution in [3.8, 4) is 0 Å². The summed E-state index contributed by atoms with van der Waals surface area (Å²) >= 11 is 0. The summed E-state index contributed by atoms with van der Waals surface area (Å²) in [6.45, 7) is 0.493. The smallest absolute Gasteiger partial charge is 0.223 e. The van der Waals surface area contributed by atoms with Gasteiger partial charge in [-0.3, -0.25) is 4.79 Å². The Hall–Kier alpha value is -1.91. The first-order chi connectivity index (χ1) is 8.66. The zero-order valence-corrected chi connectivity index (χ0v) is 10.1. The largest absolute Gasteiger partial charge is 0.352 e. The molecule has 0 aliphatic carbocycles. The number of carbonyl (C=O) groups excluding carboxylic acids is 1. The molecule has 0 heterocycles. The van der Waals surface area contributed by atoms with Gasteiger partial charge in [0.25, 0.3) is 0 Å². The third-order valence-corrected chi connectivity index (χ3v) is 2.78. The van der Waals surface area contributed by atoms with Gasteiger partial charge in [0, 0.05) is 6.54 Å². The maximum Gasteiger partial charge on any atom is 0.223 e. The molecule has 18 heavy (non-hydrogen) atoms. The van der Waals surface area contributed by atoms with E-state index in [1.54, 1.807) is 0 Å². The van der Waals surface area contributed by atoms with Crippen LogP contribution in [0.5, 0.6) is 0 Å². The molecule has 0 unspecified atom stereocenters. The van der Waals surface area contributed by atoms with E-state index in [2.05, 4.69) is 17.4 Å². The van der Waals surface area contributed by atoms with Crippen LogP contribution in [0.1, 0.15) is 12.0 Å². The molecule has 2 aromatic rings. The molecule has 2 rings (SSSR count). The average molecular weight is 243 g/mol. The quantitative estimate of drug-likeness (QED) is 0.703. The highest BCUT2D eigenvalue weighted by molar-refractivity contribution is 5.86. The highest BCUT2D eigenvalue weighted by atomic mass is 16.1. The van der Waals surface area contributed by atoms with Gasteiger partial charge in [0.05, 0.1) is 12.6 Å². The van der Waals surface area contributed by atoms with Crippen LogP contribution in [0, 0.1) is 0 Å². The van der Waals surface area contributed by atoms with E-state index in [-0.39, 0.29) is 12.3 Å². The molecule has 0 aliphatic rings. The lowest BCUT2D eigenvalue weighted by molar-refractivity contribution is -0.121. The molecule has 5 N–H and O–H groups in total. The second kappa shape index (κ2) is 5.62. The Morgan fingerprint density at radius 1 is 1.11 bits per heavy atom. The minimum atomic E-state index is -0.600. The molecule has 0 aliphatic heterocycles. The number of hydrogen-bond acceptors (Lipinski definition) is 3. The molecule has 0 bridgehead atoms. The van der Waals surface area contributed by atoms with E-state index in [1.807, 2.05) is 30.3 Å². The van der Waals surface area contributed by atoms with E-state index in [4.69, 9.17) is 11.5 Å². The van der Waals surface area contributed by atoms with Crippen LogP contribution in [-0.2, 0) is 11.3 Å². The van der Waals surface area contributed by atoms with Crippen LogP contribution in [0.2, 0.25) is 0 Å². The average Bonchev–Trinajstić information content (AvgIpc) is 2.35. The Labute approximate surface area is 106 Å². The molecule has 0 saturated carbocycles. The van der Waals surface area contributed by atoms with E-state index >= 15 is 0 Å². The predicted octanol–water partition coefficient (Wildman–Crippen LogP) is 1.09. The fourth-order valence-electron chi connectivity index (χ4n) is 1.93. The third kappa shape index (κ3) is 3.06. The lowest BCUT2D eigenvalue weighted by atomic mass is 10.0. The van der Waals surface area contributed by atoms with Gasteiger partial charge in [0.15, 0.2) is 0 Å². The van der Waals surface area contributed by atoms with Crippen LogP contribution in [0.4, 0.5) is 0 Å². The normalized spacial score (nSPS) is 10.8. The van der Waals surface area contributed by atoms with Crippen molar-refractivity contribution in [3.63, 3.8) is 0 Å². The summed E-state index contributed by atoms with van der Waals surface area (Å²) in [6, 6.07) is 14.1. The van der Waals surface area contributed by atoms with Crippen molar-refractivity contribution in [1.29, 1.82) is 0 Å². The molecule has 0 spiro atoms. The maximum absolute atomic E-state index is 11.5. The number of fused-ring (bicyclic) bond motifs is 1. The maximum atomic E-state index is 11.5. The number of carbonyl (C=O) groups is 1. The van der Waals surface area contributed by atoms with Crippen molar-refractivity contribution in [1.82, 2.24) is 5.32 Å². The first kappa shape index (κ1) is 12.5. The first-order valence-corrected chi connectivity index (χ1v) is 5.91. The molecule has 0 saturated heterocycles. The number of nitrogens with one attached hydrogen (secondary N) is 1. The number of rotatable bonds is 4. The monoisotopic (exact) mass is 243 g/mol. The van der Waals surface area contributed by atoms with Gasteiger partial charge < -0.3 is 16.8 Å². The number of benzene rings is 2. The van der Waals surface area contributed by atoms with Crippen LogP contribution >= 0.6 is 0 Å². The van der Waals surface area contributed by atoms with Crippen LogP contribution in [0.3, 0.4) is 0 Å². The Bertz CT molecular complexity index is 546. The lowest BCUT2D eigenvalue weighted by Crippen LogP contribution is -2.37. The first-order valence-electron chi connectivity index (χ1n) is 5.91.